The predicted molar refractivity (Wildman–Crippen MR) is 71.1 cm³/mol. The van der Waals surface area contributed by atoms with Crippen LogP contribution in [0.2, 0.25) is 0 Å². The number of benzene rings is 1. The van der Waals surface area contributed by atoms with E-state index in [-0.39, 0.29) is 5.91 Å². The molecule has 82 valence electrons. The molecule has 1 N–H and O–H groups in total. The Kier molecular flexibility index (Phi) is 4.57. The van der Waals surface area contributed by atoms with Crippen molar-refractivity contribution in [2.24, 2.45) is 5.92 Å². The third-order valence-electron chi connectivity index (χ3n) is 2.12. The number of hydrogen-bond acceptors (Lipinski definition) is 1. The maximum Gasteiger partial charge on any atom is 0.252 e. The van der Waals surface area contributed by atoms with E-state index in [1.807, 2.05) is 25.1 Å². The number of rotatable bonds is 3. The van der Waals surface area contributed by atoms with Crippen molar-refractivity contribution in [3.05, 3.63) is 32.9 Å². The van der Waals surface area contributed by atoms with Crippen LogP contribution in [0, 0.1) is 16.4 Å². The predicted octanol–water partition coefficient (Wildman–Crippen LogP) is 2.99. The number of nitrogens with one attached hydrogen (secondary N) is 1. The van der Waals surface area contributed by atoms with Crippen LogP contribution in [0.15, 0.2) is 18.2 Å². The van der Waals surface area contributed by atoms with Gasteiger partial charge in [0.15, 0.2) is 0 Å². The number of carbonyl (C=O) groups excluding carboxylic acids is 1. The maximum absolute atomic E-state index is 11.9. The first kappa shape index (κ1) is 12.5. The fraction of sp³-hybridized carbons (Fsp3) is 0.417. The molecule has 0 atom stereocenters. The van der Waals surface area contributed by atoms with Gasteiger partial charge in [0.1, 0.15) is 0 Å². The largest absolute Gasteiger partial charge is 0.352 e. The standard InChI is InChI=1S/C12H16INO/c1-8(2)7-14-12(15)11-9(3)5-4-6-10(11)13/h4-6,8H,7H2,1-3H3,(H,14,15). The van der Waals surface area contributed by atoms with Crippen LogP contribution >= 0.6 is 22.6 Å². The van der Waals surface area contributed by atoms with E-state index >= 15 is 0 Å². The maximum atomic E-state index is 11.9. The van der Waals surface area contributed by atoms with E-state index in [2.05, 4.69) is 41.8 Å². The van der Waals surface area contributed by atoms with Gasteiger partial charge in [-0.05, 0) is 47.1 Å². The summed E-state index contributed by atoms with van der Waals surface area (Å²) >= 11 is 2.20. The third-order valence-corrected chi connectivity index (χ3v) is 3.02. The Labute approximate surface area is 105 Å². The summed E-state index contributed by atoms with van der Waals surface area (Å²) in [4.78, 5) is 11.9. The lowest BCUT2D eigenvalue weighted by molar-refractivity contribution is 0.0947. The van der Waals surface area contributed by atoms with E-state index in [0.717, 1.165) is 21.2 Å². The summed E-state index contributed by atoms with van der Waals surface area (Å²) in [5.41, 5.74) is 1.84. The van der Waals surface area contributed by atoms with Gasteiger partial charge >= 0.3 is 0 Å². The molecule has 1 aromatic rings. The Balaban J connectivity index is 2.82. The third kappa shape index (κ3) is 3.48. The molecule has 0 aliphatic carbocycles. The van der Waals surface area contributed by atoms with E-state index in [0.29, 0.717) is 5.92 Å². The summed E-state index contributed by atoms with van der Waals surface area (Å²) in [7, 11) is 0. The SMILES string of the molecule is Cc1cccc(I)c1C(=O)NCC(C)C. The lowest BCUT2D eigenvalue weighted by atomic mass is 10.1. The first-order chi connectivity index (χ1) is 7.02. The van der Waals surface area contributed by atoms with Gasteiger partial charge in [-0.1, -0.05) is 26.0 Å². The van der Waals surface area contributed by atoms with Crippen molar-refractivity contribution in [3.63, 3.8) is 0 Å². The van der Waals surface area contributed by atoms with E-state index in [4.69, 9.17) is 0 Å². The number of aryl methyl sites for hydroxylation is 1. The number of carbonyl (C=O) groups is 1. The van der Waals surface area contributed by atoms with Gasteiger partial charge in [0.05, 0.1) is 5.56 Å². The molecule has 0 fully saturated rings. The zero-order valence-corrected chi connectivity index (χ0v) is 11.5. The molecule has 0 saturated carbocycles. The molecule has 3 heteroatoms. The van der Waals surface area contributed by atoms with E-state index in [9.17, 15) is 4.79 Å². The second-order valence-electron chi connectivity index (χ2n) is 4.04. The highest BCUT2D eigenvalue weighted by atomic mass is 127. The molecule has 15 heavy (non-hydrogen) atoms. The Bertz CT molecular complexity index is 340. The first-order valence-electron chi connectivity index (χ1n) is 5.05. The van der Waals surface area contributed by atoms with Crippen LogP contribution < -0.4 is 5.32 Å². The van der Waals surface area contributed by atoms with E-state index < -0.39 is 0 Å². The summed E-state index contributed by atoms with van der Waals surface area (Å²) in [5.74, 6) is 0.516. The number of halogens is 1. The van der Waals surface area contributed by atoms with Gasteiger partial charge in [0, 0.05) is 10.1 Å². The monoisotopic (exact) mass is 317 g/mol. The normalized spacial score (nSPS) is 10.5. The quantitative estimate of drug-likeness (QED) is 0.853. The van der Waals surface area contributed by atoms with Gasteiger partial charge < -0.3 is 5.32 Å². The average Bonchev–Trinajstić information content (AvgIpc) is 2.14. The molecule has 1 rings (SSSR count). The highest BCUT2D eigenvalue weighted by Crippen LogP contribution is 2.16. The Morgan fingerprint density at radius 2 is 2.13 bits per heavy atom. The summed E-state index contributed by atoms with van der Waals surface area (Å²) in [6, 6.07) is 5.89. The number of amides is 1. The van der Waals surface area contributed by atoms with Gasteiger partial charge in [-0.2, -0.15) is 0 Å². The van der Waals surface area contributed by atoms with Gasteiger partial charge in [0.25, 0.3) is 5.91 Å². The Hall–Kier alpha value is -0.580. The minimum atomic E-state index is 0.0335. The molecule has 0 bridgehead atoms. The summed E-state index contributed by atoms with van der Waals surface area (Å²) in [6.45, 7) is 6.86. The molecule has 2 nitrogen and oxygen atoms in total. The molecule has 0 radical (unpaired) electrons. The van der Waals surface area contributed by atoms with Crippen molar-refractivity contribution in [3.8, 4) is 0 Å². The fourth-order valence-corrected chi connectivity index (χ4v) is 2.18. The Morgan fingerprint density at radius 1 is 1.47 bits per heavy atom. The van der Waals surface area contributed by atoms with Crippen LogP contribution in [0.3, 0.4) is 0 Å². The van der Waals surface area contributed by atoms with Crippen LogP contribution in [-0.4, -0.2) is 12.5 Å². The molecule has 0 heterocycles. The van der Waals surface area contributed by atoms with Crippen LogP contribution in [-0.2, 0) is 0 Å². The molecular formula is C12H16INO. The van der Waals surface area contributed by atoms with Crippen LogP contribution in [0.4, 0.5) is 0 Å². The van der Waals surface area contributed by atoms with Crippen molar-refractivity contribution >= 4 is 28.5 Å². The summed E-state index contributed by atoms with van der Waals surface area (Å²) < 4.78 is 1.01. The fourth-order valence-electron chi connectivity index (χ4n) is 1.30. The molecule has 0 aromatic heterocycles. The highest BCUT2D eigenvalue weighted by molar-refractivity contribution is 14.1. The van der Waals surface area contributed by atoms with Crippen molar-refractivity contribution < 1.29 is 4.79 Å². The molecule has 0 saturated heterocycles. The molecule has 0 unspecified atom stereocenters. The van der Waals surface area contributed by atoms with Crippen molar-refractivity contribution in [1.29, 1.82) is 0 Å². The second-order valence-corrected chi connectivity index (χ2v) is 5.20. The second kappa shape index (κ2) is 5.49. The zero-order valence-electron chi connectivity index (χ0n) is 9.30. The lowest BCUT2D eigenvalue weighted by Crippen LogP contribution is -2.28. The van der Waals surface area contributed by atoms with Gasteiger partial charge in [-0.15, -0.1) is 0 Å². The summed E-state index contributed by atoms with van der Waals surface area (Å²) in [5, 5.41) is 2.94. The highest BCUT2D eigenvalue weighted by Gasteiger charge is 2.12. The van der Waals surface area contributed by atoms with Crippen molar-refractivity contribution in [2.75, 3.05) is 6.54 Å². The zero-order chi connectivity index (χ0) is 11.4. The van der Waals surface area contributed by atoms with Crippen LogP contribution in [0.1, 0.15) is 29.8 Å². The average molecular weight is 317 g/mol. The van der Waals surface area contributed by atoms with Crippen LogP contribution in [0.5, 0.6) is 0 Å². The van der Waals surface area contributed by atoms with Gasteiger partial charge in [-0.3, -0.25) is 4.79 Å². The van der Waals surface area contributed by atoms with E-state index in [1.54, 1.807) is 0 Å². The minimum Gasteiger partial charge on any atom is -0.352 e. The first-order valence-corrected chi connectivity index (χ1v) is 6.13. The molecule has 0 aliphatic rings. The number of hydrogen-bond donors (Lipinski definition) is 1. The van der Waals surface area contributed by atoms with Gasteiger partial charge in [0.2, 0.25) is 0 Å². The van der Waals surface area contributed by atoms with Crippen molar-refractivity contribution in [2.45, 2.75) is 20.8 Å². The molecule has 0 aliphatic heterocycles. The molecule has 0 spiro atoms. The lowest BCUT2D eigenvalue weighted by Gasteiger charge is -2.10. The van der Waals surface area contributed by atoms with Crippen LogP contribution in [0.25, 0.3) is 0 Å². The topological polar surface area (TPSA) is 29.1 Å². The van der Waals surface area contributed by atoms with Crippen molar-refractivity contribution in [1.82, 2.24) is 5.32 Å². The molecule has 1 amide bonds. The molecule has 1 aromatic carbocycles. The van der Waals surface area contributed by atoms with Gasteiger partial charge in [-0.25, -0.2) is 0 Å². The smallest absolute Gasteiger partial charge is 0.252 e. The summed E-state index contributed by atoms with van der Waals surface area (Å²) in [6.07, 6.45) is 0. The molecular weight excluding hydrogens is 301 g/mol. The van der Waals surface area contributed by atoms with E-state index in [1.165, 1.54) is 0 Å². The Morgan fingerprint density at radius 3 is 2.67 bits per heavy atom. The minimum absolute atomic E-state index is 0.0335.